The first kappa shape index (κ1) is 23.5. The highest BCUT2D eigenvalue weighted by Crippen LogP contribution is 2.28. The van der Waals surface area contributed by atoms with Gasteiger partial charge in [-0.15, -0.1) is 11.3 Å². The van der Waals surface area contributed by atoms with Gasteiger partial charge in [0, 0.05) is 20.7 Å². The second-order valence-corrected chi connectivity index (χ2v) is 9.78. The number of anilines is 1. The van der Waals surface area contributed by atoms with Crippen molar-refractivity contribution in [3.63, 3.8) is 0 Å². The van der Waals surface area contributed by atoms with Crippen LogP contribution >= 0.6 is 33.9 Å². The Morgan fingerprint density at radius 2 is 1.68 bits per heavy atom. The van der Waals surface area contributed by atoms with Crippen LogP contribution in [0.15, 0.2) is 60.7 Å². The molecule has 0 aliphatic heterocycles. The quantitative estimate of drug-likeness (QED) is 0.323. The van der Waals surface area contributed by atoms with Gasteiger partial charge >= 0.3 is 0 Å². The average Bonchev–Trinajstić information content (AvgIpc) is 3.26. The fourth-order valence-corrected chi connectivity index (χ4v) is 4.58. The maximum atomic E-state index is 13.3. The first-order chi connectivity index (χ1) is 15.0. The van der Waals surface area contributed by atoms with Crippen LogP contribution in [0.5, 0.6) is 0 Å². The molecular formula is C25H27IN2O2S. The molecule has 2 aromatic carbocycles. The van der Waals surface area contributed by atoms with E-state index < -0.39 is 0 Å². The standard InChI is InChI=1S/C25H27IN2O2S/c1-3-15-27-25(30)23-14-13-21(31-23)16-22(18-7-5-17(4-2)6-8-18)24(29)28-20-11-9-19(26)10-12-20/h5-14,22H,3-4,15-16H2,1-2H3,(H,27,30)(H,28,29). The number of carbonyl (C=O) groups excluding carboxylic acids is 2. The van der Waals surface area contributed by atoms with Gasteiger partial charge in [-0.25, -0.2) is 0 Å². The van der Waals surface area contributed by atoms with Gasteiger partial charge in [-0.1, -0.05) is 38.1 Å². The highest BCUT2D eigenvalue weighted by atomic mass is 127. The first-order valence-electron chi connectivity index (χ1n) is 10.5. The van der Waals surface area contributed by atoms with Crippen LogP contribution in [0.25, 0.3) is 0 Å². The third kappa shape index (κ3) is 6.64. The molecule has 3 aromatic rings. The smallest absolute Gasteiger partial charge is 0.261 e. The Labute approximate surface area is 201 Å². The third-order valence-corrected chi connectivity index (χ3v) is 6.87. The number of amides is 2. The van der Waals surface area contributed by atoms with E-state index in [-0.39, 0.29) is 17.7 Å². The zero-order valence-corrected chi connectivity index (χ0v) is 20.8. The van der Waals surface area contributed by atoms with Gasteiger partial charge in [0.25, 0.3) is 5.91 Å². The zero-order chi connectivity index (χ0) is 22.2. The van der Waals surface area contributed by atoms with E-state index in [1.807, 2.05) is 55.5 Å². The van der Waals surface area contributed by atoms with E-state index in [4.69, 9.17) is 0 Å². The lowest BCUT2D eigenvalue weighted by Gasteiger charge is -2.17. The molecule has 0 saturated heterocycles. The molecule has 4 nitrogen and oxygen atoms in total. The van der Waals surface area contributed by atoms with E-state index in [0.717, 1.165) is 32.5 Å². The van der Waals surface area contributed by atoms with Crippen LogP contribution in [-0.2, 0) is 17.6 Å². The SMILES string of the molecule is CCCNC(=O)c1ccc(CC(C(=O)Nc2ccc(I)cc2)c2ccc(CC)cc2)s1. The Kier molecular flexibility index (Phi) is 8.66. The molecule has 6 heteroatoms. The van der Waals surface area contributed by atoms with E-state index >= 15 is 0 Å². The maximum absolute atomic E-state index is 13.3. The molecular weight excluding hydrogens is 519 g/mol. The Morgan fingerprint density at radius 3 is 2.32 bits per heavy atom. The largest absolute Gasteiger partial charge is 0.351 e. The summed E-state index contributed by atoms with van der Waals surface area (Å²) in [6.07, 6.45) is 2.41. The normalized spacial score (nSPS) is 11.7. The van der Waals surface area contributed by atoms with Crippen molar-refractivity contribution >= 4 is 51.4 Å². The molecule has 0 saturated carbocycles. The number of carbonyl (C=O) groups is 2. The van der Waals surface area contributed by atoms with E-state index in [2.05, 4.69) is 52.3 Å². The molecule has 31 heavy (non-hydrogen) atoms. The number of benzene rings is 2. The number of aryl methyl sites for hydroxylation is 1. The van der Waals surface area contributed by atoms with Gasteiger partial charge < -0.3 is 10.6 Å². The number of hydrogen-bond acceptors (Lipinski definition) is 3. The summed E-state index contributed by atoms with van der Waals surface area (Å²) < 4.78 is 1.12. The van der Waals surface area contributed by atoms with Crippen LogP contribution in [-0.4, -0.2) is 18.4 Å². The lowest BCUT2D eigenvalue weighted by atomic mass is 9.93. The van der Waals surface area contributed by atoms with Crippen molar-refractivity contribution in [2.45, 2.75) is 39.0 Å². The zero-order valence-electron chi connectivity index (χ0n) is 17.8. The summed E-state index contributed by atoms with van der Waals surface area (Å²) in [7, 11) is 0. The van der Waals surface area contributed by atoms with Crippen molar-refractivity contribution in [1.82, 2.24) is 5.32 Å². The number of halogens is 1. The Hall–Kier alpha value is -2.19. The van der Waals surface area contributed by atoms with Gasteiger partial charge in [0.05, 0.1) is 10.8 Å². The maximum Gasteiger partial charge on any atom is 0.261 e. The topological polar surface area (TPSA) is 58.2 Å². The van der Waals surface area contributed by atoms with E-state index in [0.29, 0.717) is 17.8 Å². The molecule has 0 aliphatic carbocycles. The molecule has 0 fully saturated rings. The predicted molar refractivity (Wildman–Crippen MR) is 137 cm³/mol. The molecule has 162 valence electrons. The second-order valence-electron chi connectivity index (χ2n) is 7.37. The minimum Gasteiger partial charge on any atom is -0.351 e. The third-order valence-electron chi connectivity index (χ3n) is 5.04. The summed E-state index contributed by atoms with van der Waals surface area (Å²) >= 11 is 3.70. The van der Waals surface area contributed by atoms with Crippen molar-refractivity contribution in [2.24, 2.45) is 0 Å². The number of rotatable bonds is 9. The fraction of sp³-hybridized carbons (Fsp3) is 0.280. The Bertz CT molecular complexity index is 1010. The highest BCUT2D eigenvalue weighted by Gasteiger charge is 2.23. The first-order valence-corrected chi connectivity index (χ1v) is 12.4. The van der Waals surface area contributed by atoms with Gasteiger partial charge in [0.1, 0.15) is 0 Å². The predicted octanol–water partition coefficient (Wildman–Crippen LogP) is 6.02. The molecule has 3 rings (SSSR count). The van der Waals surface area contributed by atoms with Crippen LogP contribution in [0, 0.1) is 3.57 Å². The molecule has 2 N–H and O–H groups in total. The van der Waals surface area contributed by atoms with Crippen LogP contribution in [0.1, 0.15) is 51.9 Å². The van der Waals surface area contributed by atoms with Crippen LogP contribution in [0.3, 0.4) is 0 Å². The molecule has 1 unspecified atom stereocenters. The van der Waals surface area contributed by atoms with Gasteiger partial charge in [-0.05, 0) is 89.4 Å². The van der Waals surface area contributed by atoms with Gasteiger partial charge in [-0.3, -0.25) is 9.59 Å². The minimum atomic E-state index is -0.338. The number of nitrogens with one attached hydrogen (secondary N) is 2. The van der Waals surface area contributed by atoms with Crippen molar-refractivity contribution < 1.29 is 9.59 Å². The summed E-state index contributed by atoms with van der Waals surface area (Å²) in [5.41, 5.74) is 3.00. The van der Waals surface area contributed by atoms with Crippen molar-refractivity contribution in [2.75, 3.05) is 11.9 Å². The van der Waals surface area contributed by atoms with Crippen molar-refractivity contribution in [3.05, 3.63) is 85.1 Å². The summed E-state index contributed by atoms with van der Waals surface area (Å²) in [4.78, 5) is 27.2. The number of hydrogen-bond donors (Lipinski definition) is 2. The summed E-state index contributed by atoms with van der Waals surface area (Å²) in [6, 6.07) is 19.8. The summed E-state index contributed by atoms with van der Waals surface area (Å²) in [5, 5.41) is 5.97. The molecule has 2 amide bonds. The average molecular weight is 546 g/mol. The van der Waals surface area contributed by atoms with E-state index in [1.165, 1.54) is 16.9 Å². The van der Waals surface area contributed by atoms with Crippen molar-refractivity contribution in [3.8, 4) is 0 Å². The highest BCUT2D eigenvalue weighted by molar-refractivity contribution is 14.1. The summed E-state index contributed by atoms with van der Waals surface area (Å²) in [6.45, 7) is 4.81. The molecule has 0 spiro atoms. The van der Waals surface area contributed by atoms with Gasteiger partial charge in [0.15, 0.2) is 0 Å². The molecule has 0 radical (unpaired) electrons. The molecule has 1 aromatic heterocycles. The molecule has 0 bridgehead atoms. The lowest BCUT2D eigenvalue weighted by Crippen LogP contribution is -2.23. The summed E-state index contributed by atoms with van der Waals surface area (Å²) in [5.74, 6) is -0.434. The Balaban J connectivity index is 1.81. The monoisotopic (exact) mass is 546 g/mol. The van der Waals surface area contributed by atoms with Gasteiger partial charge in [-0.2, -0.15) is 0 Å². The van der Waals surface area contributed by atoms with E-state index in [9.17, 15) is 9.59 Å². The van der Waals surface area contributed by atoms with Crippen LogP contribution < -0.4 is 10.6 Å². The minimum absolute atomic E-state index is 0.0455. The van der Waals surface area contributed by atoms with Crippen LogP contribution in [0.2, 0.25) is 0 Å². The van der Waals surface area contributed by atoms with Crippen molar-refractivity contribution in [1.29, 1.82) is 0 Å². The van der Waals surface area contributed by atoms with Gasteiger partial charge in [0.2, 0.25) is 5.91 Å². The Morgan fingerprint density at radius 1 is 0.968 bits per heavy atom. The molecule has 1 atom stereocenters. The number of thiophene rings is 1. The molecule has 1 heterocycles. The second kappa shape index (κ2) is 11.4. The molecule has 0 aliphatic rings. The van der Waals surface area contributed by atoms with Crippen LogP contribution in [0.4, 0.5) is 5.69 Å². The van der Waals surface area contributed by atoms with E-state index in [1.54, 1.807) is 0 Å². The lowest BCUT2D eigenvalue weighted by molar-refractivity contribution is -0.117. The fourth-order valence-electron chi connectivity index (χ4n) is 3.25.